The topological polar surface area (TPSA) is 62.1 Å². The van der Waals surface area contributed by atoms with E-state index in [1.807, 2.05) is 6.07 Å². The summed E-state index contributed by atoms with van der Waals surface area (Å²) >= 11 is 18.7. The molecule has 0 saturated heterocycles. The van der Waals surface area contributed by atoms with Gasteiger partial charge in [-0.15, -0.1) is 0 Å². The van der Waals surface area contributed by atoms with Gasteiger partial charge < -0.3 is 10.1 Å². The molecule has 2 aromatic rings. The molecule has 0 radical (unpaired) electrons. The molecule has 0 saturated carbocycles. The second-order valence-corrected chi connectivity index (χ2v) is 7.24. The molecule has 0 aliphatic heterocycles. The molecule has 0 spiro atoms. The first kappa shape index (κ1) is 19.8. The van der Waals surface area contributed by atoms with Gasteiger partial charge in [0.2, 0.25) is 0 Å². The predicted molar refractivity (Wildman–Crippen MR) is 107 cm³/mol. The van der Waals surface area contributed by atoms with Crippen molar-refractivity contribution >= 4 is 72.7 Å². The zero-order chi connectivity index (χ0) is 18.6. The molecule has 25 heavy (non-hydrogen) atoms. The number of anilines is 1. The molecular formula is C17H10Br2Cl2N2O2. The van der Waals surface area contributed by atoms with Gasteiger partial charge >= 0.3 is 0 Å². The lowest BCUT2D eigenvalue weighted by atomic mass is 10.1. The van der Waals surface area contributed by atoms with Gasteiger partial charge in [-0.2, -0.15) is 5.26 Å². The average molecular weight is 505 g/mol. The van der Waals surface area contributed by atoms with E-state index in [-0.39, 0.29) is 10.6 Å². The van der Waals surface area contributed by atoms with Gasteiger partial charge in [0.1, 0.15) is 17.4 Å². The van der Waals surface area contributed by atoms with Crippen LogP contribution in [0.5, 0.6) is 5.75 Å². The molecule has 0 atom stereocenters. The highest BCUT2D eigenvalue weighted by Gasteiger charge is 2.14. The predicted octanol–water partition coefficient (Wildman–Crippen LogP) is 6.07. The third kappa shape index (κ3) is 4.77. The van der Waals surface area contributed by atoms with Crippen LogP contribution < -0.4 is 10.1 Å². The van der Waals surface area contributed by atoms with Gasteiger partial charge in [-0.25, -0.2) is 0 Å². The number of nitrogens with one attached hydrogen (secondary N) is 1. The second-order valence-electron chi connectivity index (χ2n) is 4.74. The van der Waals surface area contributed by atoms with Crippen LogP contribution in [0, 0.1) is 11.3 Å². The van der Waals surface area contributed by atoms with Crippen molar-refractivity contribution < 1.29 is 9.53 Å². The summed E-state index contributed by atoms with van der Waals surface area (Å²) in [4.78, 5) is 12.4. The minimum absolute atomic E-state index is 0.0833. The Morgan fingerprint density at radius 1 is 1.28 bits per heavy atom. The maximum Gasteiger partial charge on any atom is 0.266 e. The number of hydrogen-bond donors (Lipinski definition) is 1. The Morgan fingerprint density at radius 2 is 1.92 bits per heavy atom. The fourth-order valence-corrected chi connectivity index (χ4v) is 3.86. The number of carbonyl (C=O) groups excluding carboxylic acids is 1. The number of amides is 1. The van der Waals surface area contributed by atoms with E-state index in [2.05, 4.69) is 37.2 Å². The Labute approximate surface area is 171 Å². The third-order valence-electron chi connectivity index (χ3n) is 3.10. The Hall–Kier alpha value is -1.52. The van der Waals surface area contributed by atoms with Crippen molar-refractivity contribution in [1.29, 1.82) is 5.26 Å². The standard InChI is InChI=1S/C17H10Br2Cl2N2O2/c1-25-16-11(18)6-9(7-12(16)19)5-10(8-22)17(24)23-14-4-2-3-13(20)15(14)21/h2-7H,1H3,(H,23,24)/b10-5+. The Balaban J connectivity index is 2.33. The quantitative estimate of drug-likeness (QED) is 0.406. The van der Waals surface area contributed by atoms with Gasteiger partial charge in [-0.1, -0.05) is 29.3 Å². The van der Waals surface area contributed by atoms with Crippen LogP contribution >= 0.6 is 55.1 Å². The normalized spacial score (nSPS) is 11.0. The number of ether oxygens (including phenoxy) is 1. The molecule has 0 aromatic heterocycles. The summed E-state index contributed by atoms with van der Waals surface area (Å²) in [6.07, 6.45) is 1.46. The highest BCUT2D eigenvalue weighted by molar-refractivity contribution is 9.11. The van der Waals surface area contributed by atoms with Crippen LogP contribution in [0.1, 0.15) is 5.56 Å². The fourth-order valence-electron chi connectivity index (χ4n) is 1.96. The Morgan fingerprint density at radius 3 is 2.48 bits per heavy atom. The molecule has 0 bridgehead atoms. The van der Waals surface area contributed by atoms with Gasteiger partial charge in [0.25, 0.3) is 5.91 Å². The molecule has 2 aromatic carbocycles. The maximum absolute atomic E-state index is 12.4. The number of carbonyl (C=O) groups is 1. The van der Waals surface area contributed by atoms with E-state index in [0.29, 0.717) is 31.0 Å². The first-order valence-corrected chi connectivity index (χ1v) is 9.11. The smallest absolute Gasteiger partial charge is 0.266 e. The highest BCUT2D eigenvalue weighted by atomic mass is 79.9. The number of rotatable bonds is 4. The lowest BCUT2D eigenvalue weighted by Crippen LogP contribution is -2.13. The summed E-state index contributed by atoms with van der Waals surface area (Å²) in [5.74, 6) is 0.0283. The summed E-state index contributed by atoms with van der Waals surface area (Å²) in [6.45, 7) is 0. The molecule has 0 aliphatic carbocycles. The zero-order valence-corrected chi connectivity index (χ0v) is 17.4. The van der Waals surface area contributed by atoms with E-state index in [9.17, 15) is 10.1 Å². The number of halogens is 4. The molecular weight excluding hydrogens is 495 g/mol. The minimum Gasteiger partial charge on any atom is -0.494 e. The molecule has 0 aliphatic rings. The number of hydrogen-bond acceptors (Lipinski definition) is 3. The van der Waals surface area contributed by atoms with Crippen molar-refractivity contribution in [2.24, 2.45) is 0 Å². The fraction of sp³-hybridized carbons (Fsp3) is 0.0588. The molecule has 2 rings (SSSR count). The van der Waals surface area contributed by atoms with Gasteiger partial charge in [-0.05, 0) is 67.8 Å². The molecule has 0 fully saturated rings. The molecule has 0 unspecified atom stereocenters. The number of nitriles is 1. The SMILES string of the molecule is COc1c(Br)cc(/C=C(\C#N)C(=O)Nc2cccc(Cl)c2Cl)cc1Br. The van der Waals surface area contributed by atoms with E-state index in [1.165, 1.54) is 6.08 Å². The van der Waals surface area contributed by atoms with E-state index in [0.717, 1.165) is 0 Å². The first-order valence-electron chi connectivity index (χ1n) is 6.77. The Bertz CT molecular complexity index is 885. The van der Waals surface area contributed by atoms with Crippen LogP contribution in [-0.2, 0) is 4.79 Å². The van der Waals surface area contributed by atoms with E-state index >= 15 is 0 Å². The monoisotopic (exact) mass is 502 g/mol. The van der Waals surface area contributed by atoms with Crippen LogP contribution in [0.15, 0.2) is 44.9 Å². The summed E-state index contributed by atoms with van der Waals surface area (Å²) in [7, 11) is 1.54. The van der Waals surface area contributed by atoms with Crippen LogP contribution in [0.25, 0.3) is 6.08 Å². The lowest BCUT2D eigenvalue weighted by molar-refractivity contribution is -0.112. The van der Waals surface area contributed by atoms with Crippen molar-refractivity contribution in [3.05, 3.63) is 60.5 Å². The van der Waals surface area contributed by atoms with E-state index in [4.69, 9.17) is 27.9 Å². The number of benzene rings is 2. The van der Waals surface area contributed by atoms with Crippen LogP contribution in [0.3, 0.4) is 0 Å². The van der Waals surface area contributed by atoms with Crippen LogP contribution in [0.4, 0.5) is 5.69 Å². The van der Waals surface area contributed by atoms with Gasteiger partial charge in [0.15, 0.2) is 0 Å². The third-order valence-corrected chi connectivity index (χ3v) is 5.10. The van der Waals surface area contributed by atoms with Crippen molar-refractivity contribution in [2.45, 2.75) is 0 Å². The van der Waals surface area contributed by atoms with Crippen LogP contribution in [-0.4, -0.2) is 13.0 Å². The molecule has 4 nitrogen and oxygen atoms in total. The number of methoxy groups -OCH3 is 1. The average Bonchev–Trinajstić information content (AvgIpc) is 2.56. The van der Waals surface area contributed by atoms with Gasteiger partial charge in [0, 0.05) is 0 Å². The molecule has 0 heterocycles. The summed E-state index contributed by atoms with van der Waals surface area (Å²) in [5.41, 5.74) is 0.890. The highest BCUT2D eigenvalue weighted by Crippen LogP contribution is 2.35. The maximum atomic E-state index is 12.4. The number of nitrogens with zero attached hydrogens (tertiary/aromatic N) is 1. The van der Waals surface area contributed by atoms with Crippen molar-refractivity contribution in [1.82, 2.24) is 0 Å². The van der Waals surface area contributed by atoms with Gasteiger partial charge in [-0.3, -0.25) is 4.79 Å². The van der Waals surface area contributed by atoms with Gasteiger partial charge in [0.05, 0.1) is 31.8 Å². The first-order chi connectivity index (χ1) is 11.9. The summed E-state index contributed by atoms with van der Waals surface area (Å²) in [5, 5.41) is 12.4. The summed E-state index contributed by atoms with van der Waals surface area (Å²) < 4.78 is 6.60. The lowest BCUT2D eigenvalue weighted by Gasteiger charge is -2.09. The van der Waals surface area contributed by atoms with Crippen molar-refractivity contribution in [3.8, 4) is 11.8 Å². The largest absolute Gasteiger partial charge is 0.494 e. The van der Waals surface area contributed by atoms with Crippen molar-refractivity contribution in [2.75, 3.05) is 12.4 Å². The van der Waals surface area contributed by atoms with Crippen molar-refractivity contribution in [3.63, 3.8) is 0 Å². The molecule has 128 valence electrons. The molecule has 8 heteroatoms. The minimum atomic E-state index is -0.588. The second kappa shape index (κ2) is 8.72. The molecule has 1 N–H and O–H groups in total. The molecule has 1 amide bonds. The Kier molecular flexibility index (Phi) is 6.91. The van der Waals surface area contributed by atoms with Crippen LogP contribution in [0.2, 0.25) is 10.0 Å². The van der Waals surface area contributed by atoms with E-state index < -0.39 is 5.91 Å². The van der Waals surface area contributed by atoms with E-state index in [1.54, 1.807) is 37.4 Å². The summed E-state index contributed by atoms with van der Waals surface area (Å²) in [6, 6.07) is 10.2. The zero-order valence-electron chi connectivity index (χ0n) is 12.7.